The van der Waals surface area contributed by atoms with E-state index in [0.29, 0.717) is 18.1 Å². The molecular weight excluding hydrogens is 332 g/mol. The fraction of sp³-hybridized carbons (Fsp3) is 0.143. The monoisotopic (exact) mass is 350 g/mol. The standard InChI is InChI=1S/C21H18O3S/c1-22-18-11-15-17(12-19(18)23-2)24-13-16(14-7-4-3-5-8-14)21(15)20-9-6-10-25-20/h3-12H,13H2,1-2H3. The van der Waals surface area contributed by atoms with E-state index in [1.54, 1.807) is 25.6 Å². The summed E-state index contributed by atoms with van der Waals surface area (Å²) >= 11 is 1.73. The van der Waals surface area contributed by atoms with Crippen LogP contribution in [0.3, 0.4) is 0 Å². The molecule has 0 saturated heterocycles. The van der Waals surface area contributed by atoms with Crippen molar-refractivity contribution in [1.82, 2.24) is 0 Å². The van der Waals surface area contributed by atoms with Gasteiger partial charge < -0.3 is 14.2 Å². The summed E-state index contributed by atoms with van der Waals surface area (Å²) in [6, 6.07) is 18.5. The first-order valence-corrected chi connectivity index (χ1v) is 8.91. The number of hydrogen-bond donors (Lipinski definition) is 0. The van der Waals surface area contributed by atoms with E-state index in [9.17, 15) is 0 Å². The van der Waals surface area contributed by atoms with E-state index in [1.807, 2.05) is 18.2 Å². The summed E-state index contributed by atoms with van der Waals surface area (Å²) in [5, 5.41) is 2.10. The lowest BCUT2D eigenvalue weighted by atomic mass is 9.91. The topological polar surface area (TPSA) is 27.7 Å². The lowest BCUT2D eigenvalue weighted by Gasteiger charge is -2.25. The second-order valence-corrected chi connectivity index (χ2v) is 6.64. The Morgan fingerprint density at radius 2 is 1.68 bits per heavy atom. The largest absolute Gasteiger partial charge is 0.493 e. The molecule has 0 spiro atoms. The average molecular weight is 350 g/mol. The molecule has 1 aromatic heterocycles. The van der Waals surface area contributed by atoms with Crippen LogP contribution in [0.1, 0.15) is 16.0 Å². The summed E-state index contributed by atoms with van der Waals surface area (Å²) in [6.07, 6.45) is 0. The molecule has 0 amide bonds. The van der Waals surface area contributed by atoms with Crippen molar-refractivity contribution in [3.05, 3.63) is 76.0 Å². The number of hydrogen-bond acceptors (Lipinski definition) is 4. The molecule has 4 heteroatoms. The fourth-order valence-electron chi connectivity index (χ4n) is 3.13. The molecule has 0 aliphatic carbocycles. The molecule has 0 bridgehead atoms. The predicted molar refractivity (Wildman–Crippen MR) is 102 cm³/mol. The first-order valence-electron chi connectivity index (χ1n) is 8.03. The van der Waals surface area contributed by atoms with Crippen LogP contribution in [0.5, 0.6) is 17.2 Å². The number of methoxy groups -OCH3 is 2. The molecule has 2 aromatic carbocycles. The summed E-state index contributed by atoms with van der Waals surface area (Å²) in [7, 11) is 3.29. The van der Waals surface area contributed by atoms with Gasteiger partial charge in [0.05, 0.1) is 14.2 Å². The molecule has 126 valence electrons. The van der Waals surface area contributed by atoms with Crippen LogP contribution in [0, 0.1) is 0 Å². The molecule has 0 radical (unpaired) electrons. The Balaban J connectivity index is 1.98. The maximum absolute atomic E-state index is 6.07. The average Bonchev–Trinajstić information content (AvgIpc) is 3.20. The van der Waals surface area contributed by atoms with Crippen molar-refractivity contribution in [2.24, 2.45) is 0 Å². The Bertz CT molecular complexity index is 912. The van der Waals surface area contributed by atoms with Gasteiger partial charge in [-0.2, -0.15) is 0 Å². The lowest BCUT2D eigenvalue weighted by Crippen LogP contribution is -2.11. The highest BCUT2D eigenvalue weighted by molar-refractivity contribution is 7.11. The van der Waals surface area contributed by atoms with Crippen molar-refractivity contribution in [2.75, 3.05) is 20.8 Å². The van der Waals surface area contributed by atoms with Gasteiger partial charge in [-0.3, -0.25) is 0 Å². The molecule has 0 N–H and O–H groups in total. The minimum atomic E-state index is 0.528. The zero-order valence-electron chi connectivity index (χ0n) is 14.1. The minimum Gasteiger partial charge on any atom is -0.493 e. The molecule has 0 unspecified atom stereocenters. The van der Waals surface area contributed by atoms with E-state index >= 15 is 0 Å². The SMILES string of the molecule is COc1cc2c(cc1OC)C(c1cccs1)=C(c1ccccc1)CO2. The number of benzene rings is 2. The van der Waals surface area contributed by atoms with Gasteiger partial charge in [-0.05, 0) is 23.1 Å². The molecule has 1 aliphatic heterocycles. The molecule has 0 atom stereocenters. The Hall–Kier alpha value is -2.72. The molecule has 4 rings (SSSR count). The van der Waals surface area contributed by atoms with Gasteiger partial charge in [0.25, 0.3) is 0 Å². The summed E-state index contributed by atoms with van der Waals surface area (Å²) in [5.41, 5.74) is 4.59. The van der Waals surface area contributed by atoms with Crippen LogP contribution in [0.15, 0.2) is 60.0 Å². The quantitative estimate of drug-likeness (QED) is 0.654. The van der Waals surface area contributed by atoms with Crippen LogP contribution in [-0.2, 0) is 0 Å². The fourth-order valence-corrected chi connectivity index (χ4v) is 3.94. The Kier molecular flexibility index (Phi) is 4.20. The van der Waals surface area contributed by atoms with Crippen molar-refractivity contribution in [2.45, 2.75) is 0 Å². The smallest absolute Gasteiger partial charge is 0.164 e. The van der Waals surface area contributed by atoms with Crippen LogP contribution in [-0.4, -0.2) is 20.8 Å². The van der Waals surface area contributed by atoms with E-state index < -0.39 is 0 Å². The van der Waals surface area contributed by atoms with E-state index in [-0.39, 0.29) is 0 Å². The van der Waals surface area contributed by atoms with Crippen LogP contribution in [0.25, 0.3) is 11.1 Å². The van der Waals surface area contributed by atoms with Gasteiger partial charge in [-0.25, -0.2) is 0 Å². The molecule has 1 aliphatic rings. The second-order valence-electron chi connectivity index (χ2n) is 5.69. The van der Waals surface area contributed by atoms with Gasteiger partial charge in [-0.1, -0.05) is 36.4 Å². The van der Waals surface area contributed by atoms with E-state index in [1.165, 1.54) is 21.6 Å². The zero-order chi connectivity index (χ0) is 17.2. The normalized spacial score (nSPS) is 13.2. The van der Waals surface area contributed by atoms with Crippen LogP contribution < -0.4 is 14.2 Å². The van der Waals surface area contributed by atoms with Crippen molar-refractivity contribution in [1.29, 1.82) is 0 Å². The van der Waals surface area contributed by atoms with E-state index in [2.05, 4.69) is 41.8 Å². The number of ether oxygens (including phenoxy) is 3. The summed E-state index contributed by atoms with van der Waals surface area (Å²) < 4.78 is 17.0. The summed E-state index contributed by atoms with van der Waals surface area (Å²) in [5.74, 6) is 2.20. The maximum atomic E-state index is 6.07. The second kappa shape index (κ2) is 6.65. The Morgan fingerprint density at radius 3 is 2.36 bits per heavy atom. The molecule has 3 aromatic rings. The Labute approximate surface area is 151 Å². The highest BCUT2D eigenvalue weighted by Crippen LogP contribution is 2.46. The molecule has 0 saturated carbocycles. The van der Waals surface area contributed by atoms with E-state index in [4.69, 9.17) is 14.2 Å². The third-order valence-corrected chi connectivity index (χ3v) is 5.21. The highest BCUT2D eigenvalue weighted by Gasteiger charge is 2.25. The van der Waals surface area contributed by atoms with Gasteiger partial charge in [-0.15, -0.1) is 11.3 Å². The van der Waals surface area contributed by atoms with Crippen molar-refractivity contribution >= 4 is 22.5 Å². The third-order valence-electron chi connectivity index (χ3n) is 4.32. The third kappa shape index (κ3) is 2.79. The van der Waals surface area contributed by atoms with Gasteiger partial charge >= 0.3 is 0 Å². The van der Waals surface area contributed by atoms with Crippen molar-refractivity contribution in [3.63, 3.8) is 0 Å². The Morgan fingerprint density at radius 1 is 0.920 bits per heavy atom. The van der Waals surface area contributed by atoms with Crippen molar-refractivity contribution < 1.29 is 14.2 Å². The summed E-state index contributed by atoms with van der Waals surface area (Å²) in [6.45, 7) is 0.528. The van der Waals surface area contributed by atoms with Gasteiger partial charge in [0.2, 0.25) is 0 Å². The minimum absolute atomic E-state index is 0.528. The molecule has 0 fully saturated rings. The first kappa shape index (κ1) is 15.8. The molecule has 3 nitrogen and oxygen atoms in total. The van der Waals surface area contributed by atoms with Gasteiger partial charge in [0, 0.05) is 27.7 Å². The first-order chi connectivity index (χ1) is 12.3. The van der Waals surface area contributed by atoms with Crippen LogP contribution >= 0.6 is 11.3 Å². The molecule has 2 heterocycles. The molecule has 25 heavy (non-hydrogen) atoms. The maximum Gasteiger partial charge on any atom is 0.164 e. The number of rotatable bonds is 4. The van der Waals surface area contributed by atoms with Crippen LogP contribution in [0.4, 0.5) is 0 Å². The van der Waals surface area contributed by atoms with Gasteiger partial charge in [0.1, 0.15) is 12.4 Å². The predicted octanol–water partition coefficient (Wildman–Crippen LogP) is 5.12. The van der Waals surface area contributed by atoms with Gasteiger partial charge in [0.15, 0.2) is 11.5 Å². The number of fused-ring (bicyclic) bond motifs is 1. The molecular formula is C21H18O3S. The lowest BCUT2D eigenvalue weighted by molar-refractivity contribution is 0.339. The summed E-state index contributed by atoms with van der Waals surface area (Å²) in [4.78, 5) is 1.22. The van der Waals surface area contributed by atoms with Crippen molar-refractivity contribution in [3.8, 4) is 17.2 Å². The highest BCUT2D eigenvalue weighted by atomic mass is 32.1. The number of thiophene rings is 1. The van der Waals surface area contributed by atoms with E-state index in [0.717, 1.165) is 11.3 Å². The zero-order valence-corrected chi connectivity index (χ0v) is 14.9. The van der Waals surface area contributed by atoms with Crippen LogP contribution in [0.2, 0.25) is 0 Å².